The van der Waals surface area contributed by atoms with Gasteiger partial charge < -0.3 is 10.2 Å². The summed E-state index contributed by atoms with van der Waals surface area (Å²) in [5, 5.41) is 18.6. The van der Waals surface area contributed by atoms with Crippen LogP contribution in [0, 0.1) is 16.0 Å². The second-order valence-corrected chi connectivity index (χ2v) is 7.40. The summed E-state index contributed by atoms with van der Waals surface area (Å²) in [5.74, 6) is 2.67. The van der Waals surface area contributed by atoms with Gasteiger partial charge in [-0.1, -0.05) is 13.8 Å². The maximum atomic E-state index is 10.7. The van der Waals surface area contributed by atoms with Crippen molar-refractivity contribution in [3.05, 3.63) is 22.5 Å². The molecule has 1 N–H and O–H groups in total. The summed E-state index contributed by atoms with van der Waals surface area (Å²) in [4.78, 5) is 17.2. The van der Waals surface area contributed by atoms with Crippen LogP contribution in [0.3, 0.4) is 0 Å². The molecule has 0 radical (unpaired) electrons. The minimum Gasteiger partial charge on any atom is -0.357 e. The van der Waals surface area contributed by atoms with Crippen LogP contribution in [0.15, 0.2) is 17.4 Å². The number of nitro groups is 1. The Hall–Kier alpha value is -1.77. The molecular weight excluding hydrogens is 328 g/mol. The van der Waals surface area contributed by atoms with Crippen molar-refractivity contribution in [2.45, 2.75) is 32.6 Å². The first-order valence-corrected chi connectivity index (χ1v) is 9.37. The topological polar surface area (TPSA) is 88.6 Å². The molecule has 1 aliphatic rings. The SMILES string of the molecule is CCNC(=NCCn1cc([N+](=O)[O-])cn1)N1CCSC(C(C)C)C1. The lowest BCUT2D eigenvalue weighted by Gasteiger charge is -2.36. The molecule has 9 heteroatoms. The average molecular weight is 354 g/mol. The normalized spacial score (nSPS) is 18.9. The van der Waals surface area contributed by atoms with E-state index in [0.717, 1.165) is 31.3 Å². The van der Waals surface area contributed by atoms with Gasteiger partial charge in [0.1, 0.15) is 12.4 Å². The van der Waals surface area contributed by atoms with Crippen molar-refractivity contribution in [1.82, 2.24) is 20.0 Å². The zero-order valence-corrected chi connectivity index (χ0v) is 15.3. The minimum atomic E-state index is -0.436. The van der Waals surface area contributed by atoms with E-state index in [4.69, 9.17) is 0 Å². The number of nitrogens with one attached hydrogen (secondary N) is 1. The quantitative estimate of drug-likeness (QED) is 0.363. The predicted octanol–water partition coefficient (Wildman–Crippen LogP) is 1.83. The van der Waals surface area contributed by atoms with E-state index in [9.17, 15) is 10.1 Å². The van der Waals surface area contributed by atoms with Crippen molar-refractivity contribution in [2.24, 2.45) is 10.9 Å². The highest BCUT2D eigenvalue weighted by molar-refractivity contribution is 8.00. The van der Waals surface area contributed by atoms with Gasteiger partial charge in [-0.3, -0.25) is 19.8 Å². The van der Waals surface area contributed by atoms with E-state index < -0.39 is 4.92 Å². The maximum Gasteiger partial charge on any atom is 0.306 e. The van der Waals surface area contributed by atoms with E-state index in [1.54, 1.807) is 4.68 Å². The first kappa shape index (κ1) is 18.6. The fourth-order valence-corrected chi connectivity index (χ4v) is 3.82. The molecule has 1 saturated heterocycles. The van der Waals surface area contributed by atoms with Crippen molar-refractivity contribution in [1.29, 1.82) is 0 Å². The number of guanidine groups is 1. The number of thioether (sulfide) groups is 1. The van der Waals surface area contributed by atoms with Crippen molar-refractivity contribution < 1.29 is 4.92 Å². The highest BCUT2D eigenvalue weighted by atomic mass is 32.2. The van der Waals surface area contributed by atoms with Gasteiger partial charge >= 0.3 is 5.69 Å². The Bertz CT molecular complexity index is 574. The Labute approximate surface area is 146 Å². The van der Waals surface area contributed by atoms with E-state index in [1.165, 1.54) is 12.4 Å². The van der Waals surface area contributed by atoms with Crippen LogP contribution >= 0.6 is 11.8 Å². The second kappa shape index (κ2) is 8.91. The monoisotopic (exact) mass is 354 g/mol. The molecule has 0 aliphatic carbocycles. The van der Waals surface area contributed by atoms with Gasteiger partial charge in [0.2, 0.25) is 0 Å². The van der Waals surface area contributed by atoms with E-state index in [0.29, 0.717) is 24.3 Å². The van der Waals surface area contributed by atoms with Crippen LogP contribution in [-0.2, 0) is 6.54 Å². The molecule has 2 heterocycles. The lowest BCUT2D eigenvalue weighted by atomic mass is 10.1. The Morgan fingerprint density at radius 3 is 3.04 bits per heavy atom. The van der Waals surface area contributed by atoms with Crippen LogP contribution in [0.4, 0.5) is 5.69 Å². The van der Waals surface area contributed by atoms with E-state index in [1.807, 2.05) is 11.8 Å². The van der Waals surface area contributed by atoms with Gasteiger partial charge in [0, 0.05) is 30.6 Å². The number of aromatic nitrogens is 2. The molecule has 1 aromatic heterocycles. The van der Waals surface area contributed by atoms with E-state index >= 15 is 0 Å². The third kappa shape index (κ3) is 5.12. The average Bonchev–Trinajstić information content (AvgIpc) is 3.03. The standard InChI is InChI=1S/C15H26N6O2S/c1-4-16-15(19-7-8-24-14(11-19)12(2)3)17-5-6-20-10-13(9-18-20)21(22)23/h9-10,12,14H,4-8,11H2,1-3H3,(H,16,17). The fourth-order valence-electron chi connectivity index (χ4n) is 2.52. The number of hydrogen-bond acceptors (Lipinski definition) is 5. The molecule has 1 aliphatic heterocycles. The molecule has 1 aromatic rings. The summed E-state index contributed by atoms with van der Waals surface area (Å²) in [5.41, 5.74) is 0.0127. The molecule has 1 unspecified atom stereocenters. The number of hydrogen-bond donors (Lipinski definition) is 1. The summed E-state index contributed by atoms with van der Waals surface area (Å²) >= 11 is 2.03. The molecule has 0 aromatic carbocycles. The summed E-state index contributed by atoms with van der Waals surface area (Å²) in [6.07, 6.45) is 2.71. The third-order valence-corrected chi connectivity index (χ3v) is 5.43. The van der Waals surface area contributed by atoms with Crippen LogP contribution in [0.5, 0.6) is 0 Å². The Balaban J connectivity index is 1.95. The van der Waals surface area contributed by atoms with Crippen LogP contribution in [0.2, 0.25) is 0 Å². The number of aliphatic imine (C=N–C) groups is 1. The fraction of sp³-hybridized carbons (Fsp3) is 0.733. The van der Waals surface area contributed by atoms with Gasteiger partial charge in [0.15, 0.2) is 5.96 Å². The minimum absolute atomic E-state index is 0.0127. The highest BCUT2D eigenvalue weighted by Crippen LogP contribution is 2.24. The van der Waals surface area contributed by atoms with Gasteiger partial charge in [-0.25, -0.2) is 0 Å². The van der Waals surface area contributed by atoms with Crippen molar-refractivity contribution in [2.75, 3.05) is 31.9 Å². The maximum absolute atomic E-state index is 10.7. The zero-order chi connectivity index (χ0) is 17.5. The molecule has 2 rings (SSSR count). The largest absolute Gasteiger partial charge is 0.357 e. The molecule has 24 heavy (non-hydrogen) atoms. The zero-order valence-electron chi connectivity index (χ0n) is 14.5. The van der Waals surface area contributed by atoms with Gasteiger partial charge in [-0.15, -0.1) is 0 Å². The Kier molecular flexibility index (Phi) is 6.89. The van der Waals surface area contributed by atoms with Crippen molar-refractivity contribution in [3.63, 3.8) is 0 Å². The summed E-state index contributed by atoms with van der Waals surface area (Å²) in [6, 6.07) is 0. The molecular formula is C15H26N6O2S. The third-order valence-electron chi connectivity index (χ3n) is 3.89. The lowest BCUT2D eigenvalue weighted by molar-refractivity contribution is -0.385. The smallest absolute Gasteiger partial charge is 0.306 e. The Morgan fingerprint density at radius 2 is 2.42 bits per heavy atom. The van der Waals surface area contributed by atoms with Gasteiger partial charge in [-0.05, 0) is 12.8 Å². The first-order valence-electron chi connectivity index (χ1n) is 8.33. The first-order chi connectivity index (χ1) is 11.5. The van der Waals surface area contributed by atoms with Gasteiger partial charge in [-0.2, -0.15) is 16.9 Å². The van der Waals surface area contributed by atoms with E-state index in [2.05, 4.69) is 41.1 Å². The molecule has 0 bridgehead atoms. The molecule has 1 fully saturated rings. The Morgan fingerprint density at radius 1 is 1.62 bits per heavy atom. The van der Waals surface area contributed by atoms with Crippen LogP contribution < -0.4 is 5.32 Å². The summed E-state index contributed by atoms with van der Waals surface area (Å²) in [6.45, 7) is 10.5. The summed E-state index contributed by atoms with van der Waals surface area (Å²) in [7, 11) is 0. The molecule has 1 atom stereocenters. The number of nitrogens with zero attached hydrogens (tertiary/aromatic N) is 5. The molecule has 0 saturated carbocycles. The second-order valence-electron chi connectivity index (χ2n) is 6.05. The van der Waals surface area contributed by atoms with Gasteiger partial charge in [0.05, 0.1) is 18.0 Å². The lowest BCUT2D eigenvalue weighted by Crippen LogP contribution is -2.49. The van der Waals surface area contributed by atoms with Crippen LogP contribution in [0.1, 0.15) is 20.8 Å². The molecule has 0 amide bonds. The van der Waals surface area contributed by atoms with Crippen molar-refractivity contribution in [3.8, 4) is 0 Å². The molecule has 134 valence electrons. The van der Waals surface area contributed by atoms with Gasteiger partial charge in [0.25, 0.3) is 0 Å². The van der Waals surface area contributed by atoms with E-state index in [-0.39, 0.29) is 5.69 Å². The highest BCUT2D eigenvalue weighted by Gasteiger charge is 2.24. The summed E-state index contributed by atoms with van der Waals surface area (Å²) < 4.78 is 1.56. The van der Waals surface area contributed by atoms with Crippen LogP contribution in [-0.4, -0.2) is 62.7 Å². The molecule has 8 nitrogen and oxygen atoms in total. The van der Waals surface area contributed by atoms with Crippen molar-refractivity contribution >= 4 is 23.4 Å². The van der Waals surface area contributed by atoms with Crippen LogP contribution in [0.25, 0.3) is 0 Å². The molecule has 0 spiro atoms. The number of rotatable bonds is 6. The predicted molar refractivity (Wildman–Crippen MR) is 97.5 cm³/mol.